The predicted molar refractivity (Wildman–Crippen MR) is 96.2 cm³/mol. The molecule has 1 saturated heterocycles. The van der Waals surface area contributed by atoms with E-state index in [2.05, 4.69) is 17.3 Å². The van der Waals surface area contributed by atoms with Crippen molar-refractivity contribution < 1.29 is 17.9 Å². The number of carbonyl (C=O) groups is 1. The molecule has 1 aromatic carbocycles. The van der Waals surface area contributed by atoms with E-state index in [1.165, 1.54) is 20.2 Å². The lowest BCUT2D eigenvalue weighted by atomic mass is 10.1. The van der Waals surface area contributed by atoms with Gasteiger partial charge in [-0.3, -0.25) is 4.79 Å². The van der Waals surface area contributed by atoms with Crippen molar-refractivity contribution in [3.05, 3.63) is 23.8 Å². The van der Waals surface area contributed by atoms with Gasteiger partial charge in [-0.1, -0.05) is 0 Å². The van der Waals surface area contributed by atoms with Gasteiger partial charge in [0.2, 0.25) is 15.9 Å². The van der Waals surface area contributed by atoms with Gasteiger partial charge in [0.15, 0.2) is 0 Å². The Morgan fingerprint density at radius 2 is 2.00 bits per heavy atom. The highest BCUT2D eigenvalue weighted by molar-refractivity contribution is 7.89. The first-order chi connectivity index (χ1) is 11.7. The van der Waals surface area contributed by atoms with Crippen molar-refractivity contribution in [1.82, 2.24) is 14.5 Å². The van der Waals surface area contributed by atoms with Gasteiger partial charge in [-0.05, 0) is 63.7 Å². The van der Waals surface area contributed by atoms with Crippen LogP contribution in [0.5, 0.6) is 5.75 Å². The first-order valence-electron chi connectivity index (χ1n) is 8.33. The van der Waals surface area contributed by atoms with Crippen molar-refractivity contribution in [2.45, 2.75) is 30.7 Å². The van der Waals surface area contributed by atoms with Crippen LogP contribution >= 0.6 is 0 Å². The highest BCUT2D eigenvalue weighted by Crippen LogP contribution is 2.23. The third-order valence-corrected chi connectivity index (χ3v) is 6.32. The molecule has 1 aromatic rings. The average molecular weight is 369 g/mol. The van der Waals surface area contributed by atoms with Gasteiger partial charge in [-0.25, -0.2) is 8.42 Å². The van der Waals surface area contributed by atoms with E-state index in [0.29, 0.717) is 5.75 Å². The number of nitrogens with zero attached hydrogens (tertiary/aromatic N) is 2. The molecule has 0 spiro atoms. The number of hydrogen-bond donors (Lipinski definition) is 1. The van der Waals surface area contributed by atoms with Gasteiger partial charge >= 0.3 is 0 Å². The monoisotopic (exact) mass is 369 g/mol. The van der Waals surface area contributed by atoms with E-state index in [0.717, 1.165) is 35.8 Å². The summed E-state index contributed by atoms with van der Waals surface area (Å²) in [5.74, 6) is 0.354. The van der Waals surface area contributed by atoms with Crippen LogP contribution in [0.1, 0.15) is 18.4 Å². The second-order valence-electron chi connectivity index (χ2n) is 6.54. The van der Waals surface area contributed by atoms with Crippen molar-refractivity contribution in [1.29, 1.82) is 0 Å². The molecule has 140 valence electrons. The van der Waals surface area contributed by atoms with Crippen molar-refractivity contribution in [3.8, 4) is 5.75 Å². The average Bonchev–Trinajstić information content (AvgIpc) is 2.56. The van der Waals surface area contributed by atoms with Gasteiger partial charge in [0, 0.05) is 13.1 Å². The molecule has 0 aliphatic carbocycles. The highest BCUT2D eigenvalue weighted by atomic mass is 32.2. The van der Waals surface area contributed by atoms with Gasteiger partial charge in [-0.15, -0.1) is 0 Å². The third kappa shape index (κ3) is 4.93. The van der Waals surface area contributed by atoms with Gasteiger partial charge in [-0.2, -0.15) is 4.31 Å². The maximum absolute atomic E-state index is 12.7. The molecule has 0 unspecified atom stereocenters. The van der Waals surface area contributed by atoms with Crippen LogP contribution in [-0.2, 0) is 14.8 Å². The fraction of sp³-hybridized carbons (Fsp3) is 0.588. The van der Waals surface area contributed by atoms with Gasteiger partial charge in [0.1, 0.15) is 5.75 Å². The molecule has 1 heterocycles. The quantitative estimate of drug-likeness (QED) is 0.804. The van der Waals surface area contributed by atoms with Crippen LogP contribution in [0.25, 0.3) is 0 Å². The number of hydrogen-bond acceptors (Lipinski definition) is 5. The minimum atomic E-state index is -3.72. The summed E-state index contributed by atoms with van der Waals surface area (Å²) in [6.07, 6.45) is 1.77. The number of aryl methyl sites for hydroxylation is 1. The molecule has 0 atom stereocenters. The van der Waals surface area contributed by atoms with Crippen LogP contribution in [0.2, 0.25) is 0 Å². The number of methoxy groups -OCH3 is 1. The molecule has 0 aromatic heterocycles. The Bertz CT molecular complexity index is 713. The lowest BCUT2D eigenvalue weighted by Crippen LogP contribution is -2.46. The van der Waals surface area contributed by atoms with E-state index in [1.807, 2.05) is 0 Å². The molecular weight excluding hydrogens is 342 g/mol. The minimum Gasteiger partial charge on any atom is -0.496 e. The van der Waals surface area contributed by atoms with Gasteiger partial charge < -0.3 is 15.0 Å². The molecule has 8 heteroatoms. The summed E-state index contributed by atoms with van der Waals surface area (Å²) in [5, 5.41) is 2.93. The SMILES string of the molecule is COc1ccc(S(=O)(=O)N(C)CC(=O)NC2CCN(C)CC2)cc1C. The van der Waals surface area contributed by atoms with Crippen LogP contribution in [0, 0.1) is 6.92 Å². The Kier molecular flexibility index (Phi) is 6.42. The van der Waals surface area contributed by atoms with Gasteiger partial charge in [0.25, 0.3) is 0 Å². The molecule has 7 nitrogen and oxygen atoms in total. The van der Waals surface area contributed by atoms with E-state index in [1.54, 1.807) is 19.1 Å². The largest absolute Gasteiger partial charge is 0.496 e. The summed E-state index contributed by atoms with van der Waals surface area (Å²) in [7, 11) is 1.29. The molecule has 0 saturated carbocycles. The fourth-order valence-electron chi connectivity index (χ4n) is 2.90. The van der Waals surface area contributed by atoms with E-state index in [4.69, 9.17) is 4.74 Å². The molecule has 25 heavy (non-hydrogen) atoms. The summed E-state index contributed by atoms with van der Waals surface area (Å²) >= 11 is 0. The second kappa shape index (κ2) is 8.16. The number of likely N-dealkylation sites (N-methyl/N-ethyl adjacent to an activating group) is 1. The summed E-state index contributed by atoms with van der Waals surface area (Å²) in [4.78, 5) is 14.6. The van der Waals surface area contributed by atoms with Crippen LogP contribution in [-0.4, -0.2) is 70.4 Å². The zero-order valence-corrected chi connectivity index (χ0v) is 16.1. The van der Waals surface area contributed by atoms with Crippen molar-refractivity contribution in [2.24, 2.45) is 0 Å². The first-order valence-corrected chi connectivity index (χ1v) is 9.77. The summed E-state index contributed by atoms with van der Waals surface area (Å²) in [6.45, 7) is 3.46. The van der Waals surface area contributed by atoms with E-state index in [9.17, 15) is 13.2 Å². The number of amides is 1. The van der Waals surface area contributed by atoms with E-state index in [-0.39, 0.29) is 23.4 Å². The van der Waals surface area contributed by atoms with Gasteiger partial charge in [0.05, 0.1) is 18.6 Å². The van der Waals surface area contributed by atoms with Crippen LogP contribution in [0.4, 0.5) is 0 Å². The maximum Gasteiger partial charge on any atom is 0.243 e. The number of piperidine rings is 1. The van der Waals surface area contributed by atoms with E-state index >= 15 is 0 Å². The Hall–Kier alpha value is -1.64. The molecule has 1 aliphatic heterocycles. The Labute approximate surface area is 150 Å². The number of rotatable bonds is 6. The number of nitrogens with one attached hydrogen (secondary N) is 1. The number of likely N-dealkylation sites (tertiary alicyclic amines) is 1. The zero-order valence-electron chi connectivity index (χ0n) is 15.3. The molecule has 2 rings (SSSR count). The summed E-state index contributed by atoms with van der Waals surface area (Å²) in [6, 6.07) is 4.78. The topological polar surface area (TPSA) is 79.0 Å². The summed E-state index contributed by atoms with van der Waals surface area (Å²) in [5.41, 5.74) is 0.729. The first kappa shape index (κ1) is 19.7. The maximum atomic E-state index is 12.7. The number of benzene rings is 1. The van der Waals surface area contributed by atoms with Crippen LogP contribution in [0.15, 0.2) is 23.1 Å². The highest BCUT2D eigenvalue weighted by Gasteiger charge is 2.25. The predicted octanol–water partition coefficient (Wildman–Crippen LogP) is 0.835. The Balaban J connectivity index is 1.99. The number of carbonyl (C=O) groups excluding carboxylic acids is 1. The molecule has 0 bridgehead atoms. The smallest absolute Gasteiger partial charge is 0.243 e. The van der Waals surface area contributed by atoms with Crippen LogP contribution in [0.3, 0.4) is 0 Å². The van der Waals surface area contributed by atoms with Crippen molar-refractivity contribution in [3.63, 3.8) is 0 Å². The molecule has 1 fully saturated rings. The van der Waals surface area contributed by atoms with Crippen molar-refractivity contribution >= 4 is 15.9 Å². The lowest BCUT2D eigenvalue weighted by Gasteiger charge is -2.30. The second-order valence-corrected chi connectivity index (χ2v) is 8.58. The molecule has 1 aliphatic rings. The molecule has 1 N–H and O–H groups in total. The third-order valence-electron chi connectivity index (χ3n) is 4.52. The molecule has 0 radical (unpaired) electrons. The minimum absolute atomic E-state index is 0.114. The van der Waals surface area contributed by atoms with E-state index < -0.39 is 10.0 Å². The standard InChI is InChI=1S/C17H27N3O4S/c1-13-11-15(5-6-16(13)24-4)25(22,23)20(3)12-17(21)18-14-7-9-19(2)10-8-14/h5-6,11,14H,7-10,12H2,1-4H3,(H,18,21). The summed E-state index contributed by atoms with van der Waals surface area (Å²) < 4.78 is 31.5. The Morgan fingerprint density at radius 3 is 2.56 bits per heavy atom. The molecule has 1 amide bonds. The number of ether oxygens (including phenoxy) is 1. The zero-order chi connectivity index (χ0) is 18.6. The fourth-order valence-corrected chi connectivity index (χ4v) is 4.12. The number of sulfonamides is 1. The molecular formula is C17H27N3O4S. The normalized spacial score (nSPS) is 16.8. The Morgan fingerprint density at radius 1 is 1.36 bits per heavy atom. The van der Waals surface area contributed by atoms with Crippen molar-refractivity contribution in [2.75, 3.05) is 40.8 Å². The lowest BCUT2D eigenvalue weighted by molar-refractivity contribution is -0.122. The van der Waals surface area contributed by atoms with Crippen LogP contribution < -0.4 is 10.1 Å².